The number of carbonyl (C=O) groups excluding carboxylic acids is 1. The zero-order valence-corrected chi connectivity index (χ0v) is 9.81. The van der Waals surface area contributed by atoms with E-state index in [0.717, 1.165) is 0 Å². The predicted molar refractivity (Wildman–Crippen MR) is 62.7 cm³/mol. The molecule has 3 N–H and O–H groups in total. The lowest BCUT2D eigenvalue weighted by molar-refractivity contribution is -0.150. The fourth-order valence-corrected chi connectivity index (χ4v) is 1.39. The van der Waals surface area contributed by atoms with Crippen LogP contribution >= 0.6 is 0 Å². The van der Waals surface area contributed by atoms with Crippen molar-refractivity contribution >= 4 is 29.1 Å². The predicted octanol–water partition coefficient (Wildman–Crippen LogP) is -0.226. The first-order valence-electron chi connectivity index (χ1n) is 5.37. The molecule has 0 amide bonds. The fraction of sp³-hybridized carbons (Fsp3) is 0.300. The molecule has 0 unspecified atom stereocenters. The molecule has 0 atom stereocenters. The van der Waals surface area contributed by atoms with Gasteiger partial charge in [-0.25, -0.2) is 9.97 Å². The molecule has 0 fully saturated rings. The first kappa shape index (κ1) is 12.7. The molecule has 0 aliphatic rings. The van der Waals surface area contributed by atoms with Gasteiger partial charge in [-0.1, -0.05) is 0 Å². The summed E-state index contributed by atoms with van der Waals surface area (Å²) in [7, 11) is 0. The molecule has 9 nitrogen and oxygen atoms in total. The van der Waals surface area contributed by atoms with E-state index in [1.54, 1.807) is 0 Å². The molecular weight excluding hydrogens is 254 g/mol. The summed E-state index contributed by atoms with van der Waals surface area (Å²) >= 11 is 0. The van der Waals surface area contributed by atoms with Crippen molar-refractivity contribution in [2.24, 2.45) is 0 Å². The highest BCUT2D eigenvalue weighted by Gasteiger charge is 2.09. The molecule has 0 saturated carbocycles. The lowest BCUT2D eigenvalue weighted by Crippen LogP contribution is -2.11. The molecule has 9 heteroatoms. The van der Waals surface area contributed by atoms with Gasteiger partial charge in [-0.15, -0.1) is 0 Å². The largest absolute Gasteiger partial charge is 0.481 e. The minimum Gasteiger partial charge on any atom is -0.481 e. The van der Waals surface area contributed by atoms with E-state index >= 15 is 0 Å². The summed E-state index contributed by atoms with van der Waals surface area (Å²) in [6.07, 6.45) is 2.45. The molecule has 0 aliphatic carbocycles. The minimum absolute atomic E-state index is 0.0893. The molecule has 0 radical (unpaired) electrons. The van der Waals surface area contributed by atoms with Crippen LogP contribution in [0.2, 0.25) is 0 Å². The van der Waals surface area contributed by atoms with Crippen LogP contribution in [0.5, 0.6) is 0 Å². The number of anilines is 1. The molecule has 2 rings (SSSR count). The molecular formula is C10H11N5O4. The summed E-state index contributed by atoms with van der Waals surface area (Å²) in [5, 5.41) is 8.43. The van der Waals surface area contributed by atoms with Gasteiger partial charge in [0.15, 0.2) is 12.4 Å². The first-order valence-corrected chi connectivity index (χ1v) is 5.37. The molecule has 19 heavy (non-hydrogen) atoms. The number of hydrogen-bond acceptors (Lipinski definition) is 7. The van der Waals surface area contributed by atoms with Gasteiger partial charge in [0.2, 0.25) is 5.95 Å². The van der Waals surface area contributed by atoms with Crippen LogP contribution in [0.1, 0.15) is 12.8 Å². The maximum absolute atomic E-state index is 11.3. The number of nitrogens with two attached hydrogens (primary N) is 1. The van der Waals surface area contributed by atoms with Gasteiger partial charge in [0.05, 0.1) is 25.4 Å². The third-order valence-electron chi connectivity index (χ3n) is 2.28. The highest BCUT2D eigenvalue weighted by atomic mass is 16.5. The number of carboxylic acids is 1. The number of nitrogens with zero attached hydrogens (tertiary/aromatic N) is 4. The third kappa shape index (κ3) is 3.15. The molecule has 2 aromatic rings. The summed E-state index contributed by atoms with van der Waals surface area (Å²) in [6.45, 7) is -0.106. The van der Waals surface area contributed by atoms with Gasteiger partial charge >= 0.3 is 11.9 Å². The van der Waals surface area contributed by atoms with Crippen molar-refractivity contribution in [2.75, 3.05) is 5.73 Å². The Morgan fingerprint density at radius 3 is 2.89 bits per heavy atom. The maximum Gasteiger partial charge on any atom is 0.308 e. The van der Waals surface area contributed by atoms with Gasteiger partial charge in [-0.2, -0.15) is 4.98 Å². The Balaban J connectivity index is 2.00. The maximum atomic E-state index is 11.3. The van der Waals surface area contributed by atoms with Crippen molar-refractivity contribution in [3.63, 3.8) is 0 Å². The van der Waals surface area contributed by atoms with Crippen molar-refractivity contribution in [3.8, 4) is 0 Å². The Hall–Kier alpha value is -2.71. The number of aromatic nitrogens is 4. The molecule has 100 valence electrons. The molecule has 0 saturated heterocycles. The zero-order valence-electron chi connectivity index (χ0n) is 9.81. The summed E-state index contributed by atoms with van der Waals surface area (Å²) in [5.74, 6) is -1.57. The van der Waals surface area contributed by atoms with Crippen LogP contribution in [0.25, 0.3) is 11.2 Å². The van der Waals surface area contributed by atoms with Gasteiger partial charge in [0.1, 0.15) is 5.52 Å². The number of imidazole rings is 1. The Morgan fingerprint density at radius 2 is 2.16 bits per heavy atom. The standard InChI is InChI=1S/C10H11N5O4/c11-10-12-3-6-9(14-10)15(4-13-6)5-19-8(18)2-1-7(16)17/h3-4H,1-2,5H2,(H,16,17)(H2,11,12,14). The second kappa shape index (κ2) is 5.29. The van der Waals surface area contributed by atoms with Crippen LogP contribution < -0.4 is 5.73 Å². The van der Waals surface area contributed by atoms with E-state index < -0.39 is 11.9 Å². The number of nitrogen functional groups attached to an aromatic ring is 1. The molecule has 0 bridgehead atoms. The number of rotatable bonds is 5. The molecule has 2 aromatic heterocycles. The molecule has 2 heterocycles. The van der Waals surface area contributed by atoms with Crippen LogP contribution in [0.4, 0.5) is 5.95 Å². The van der Waals surface area contributed by atoms with Crippen LogP contribution in [-0.2, 0) is 21.1 Å². The van der Waals surface area contributed by atoms with Gasteiger partial charge in [-0.3, -0.25) is 14.2 Å². The highest BCUT2D eigenvalue weighted by molar-refractivity contribution is 5.76. The molecule has 0 spiro atoms. The van der Waals surface area contributed by atoms with E-state index in [1.165, 1.54) is 17.1 Å². The second-order valence-corrected chi connectivity index (χ2v) is 3.69. The Kier molecular flexibility index (Phi) is 3.55. The first-order chi connectivity index (χ1) is 9.06. The van der Waals surface area contributed by atoms with E-state index in [9.17, 15) is 9.59 Å². The Morgan fingerprint density at radius 1 is 1.37 bits per heavy atom. The van der Waals surface area contributed by atoms with Crippen molar-refractivity contribution in [1.29, 1.82) is 0 Å². The lowest BCUT2D eigenvalue weighted by Gasteiger charge is -2.05. The number of esters is 1. The average molecular weight is 265 g/mol. The smallest absolute Gasteiger partial charge is 0.308 e. The average Bonchev–Trinajstić information content (AvgIpc) is 2.76. The van der Waals surface area contributed by atoms with E-state index in [0.29, 0.717) is 11.2 Å². The van der Waals surface area contributed by atoms with Crippen LogP contribution in [0.15, 0.2) is 12.5 Å². The Labute approximate surface area is 107 Å². The monoisotopic (exact) mass is 265 g/mol. The van der Waals surface area contributed by atoms with Crippen molar-refractivity contribution in [2.45, 2.75) is 19.6 Å². The van der Waals surface area contributed by atoms with Crippen LogP contribution in [0, 0.1) is 0 Å². The van der Waals surface area contributed by atoms with Gasteiger partial charge in [0, 0.05) is 0 Å². The highest BCUT2D eigenvalue weighted by Crippen LogP contribution is 2.10. The number of aliphatic carboxylic acids is 1. The number of hydrogen-bond donors (Lipinski definition) is 2. The fourth-order valence-electron chi connectivity index (χ4n) is 1.39. The van der Waals surface area contributed by atoms with E-state index in [-0.39, 0.29) is 25.5 Å². The van der Waals surface area contributed by atoms with E-state index in [2.05, 4.69) is 15.0 Å². The van der Waals surface area contributed by atoms with Crippen molar-refractivity contribution in [3.05, 3.63) is 12.5 Å². The quantitative estimate of drug-likeness (QED) is 0.708. The van der Waals surface area contributed by atoms with Gasteiger partial charge in [0.25, 0.3) is 0 Å². The zero-order chi connectivity index (χ0) is 13.8. The number of ether oxygens (including phenoxy) is 1. The van der Waals surface area contributed by atoms with Gasteiger partial charge in [-0.05, 0) is 0 Å². The second-order valence-electron chi connectivity index (χ2n) is 3.69. The summed E-state index contributed by atoms with van der Waals surface area (Å²) in [5.41, 5.74) is 6.42. The third-order valence-corrected chi connectivity index (χ3v) is 2.28. The van der Waals surface area contributed by atoms with E-state index in [4.69, 9.17) is 15.6 Å². The van der Waals surface area contributed by atoms with Crippen molar-refractivity contribution in [1.82, 2.24) is 19.5 Å². The topological polar surface area (TPSA) is 133 Å². The summed E-state index contributed by atoms with van der Waals surface area (Å²) in [6, 6.07) is 0. The number of fused-ring (bicyclic) bond motifs is 1. The van der Waals surface area contributed by atoms with Crippen molar-refractivity contribution < 1.29 is 19.4 Å². The SMILES string of the molecule is Nc1ncc2ncn(COC(=O)CCC(=O)O)c2n1. The Bertz CT molecular complexity index is 623. The van der Waals surface area contributed by atoms with Crippen LogP contribution in [0.3, 0.4) is 0 Å². The summed E-state index contributed by atoms with van der Waals surface area (Å²) in [4.78, 5) is 33.3. The number of carboxylic acid groups (broad SMARTS) is 1. The van der Waals surface area contributed by atoms with E-state index in [1.807, 2.05) is 0 Å². The normalized spacial score (nSPS) is 10.5. The van der Waals surface area contributed by atoms with Gasteiger partial charge < -0.3 is 15.6 Å². The molecule has 0 aliphatic heterocycles. The number of carbonyl (C=O) groups is 2. The van der Waals surface area contributed by atoms with Crippen LogP contribution in [-0.4, -0.2) is 36.6 Å². The minimum atomic E-state index is -1.05. The lowest BCUT2D eigenvalue weighted by atomic mass is 10.3. The molecule has 0 aromatic carbocycles. The summed E-state index contributed by atoms with van der Waals surface area (Å²) < 4.78 is 6.38.